The van der Waals surface area contributed by atoms with Crippen LogP contribution in [-0.4, -0.2) is 31.7 Å². The molecular weight excluding hydrogens is 180 g/mol. The van der Waals surface area contributed by atoms with Crippen molar-refractivity contribution in [3.63, 3.8) is 0 Å². The van der Waals surface area contributed by atoms with Crippen molar-refractivity contribution in [3.05, 3.63) is 0 Å². The average Bonchev–Trinajstić information content (AvgIpc) is 2.61. The van der Waals surface area contributed by atoms with Gasteiger partial charge in [0.2, 0.25) is 5.91 Å². The van der Waals surface area contributed by atoms with Gasteiger partial charge in [-0.25, -0.2) is 0 Å². The molecule has 4 heteroatoms. The molecule has 0 aliphatic carbocycles. The average molecular weight is 200 g/mol. The summed E-state index contributed by atoms with van der Waals surface area (Å²) in [5, 5.41) is 2.87. The second kappa shape index (κ2) is 4.75. The number of nitrogens with one attached hydrogen (secondary N) is 1. The van der Waals surface area contributed by atoms with Gasteiger partial charge in [0.25, 0.3) is 0 Å². The predicted octanol–water partition coefficient (Wildman–Crippen LogP) is 0.267. The molecule has 0 aromatic carbocycles. The van der Waals surface area contributed by atoms with Gasteiger partial charge in [-0.3, -0.25) is 4.79 Å². The van der Waals surface area contributed by atoms with Gasteiger partial charge in [-0.2, -0.15) is 0 Å². The van der Waals surface area contributed by atoms with Crippen LogP contribution in [0.15, 0.2) is 0 Å². The number of carbonyl (C=O) groups is 1. The van der Waals surface area contributed by atoms with E-state index in [0.717, 1.165) is 19.6 Å². The number of amides is 1. The molecule has 3 N–H and O–H groups in total. The second-order valence-electron chi connectivity index (χ2n) is 4.35. The second-order valence-corrected chi connectivity index (χ2v) is 4.35. The summed E-state index contributed by atoms with van der Waals surface area (Å²) >= 11 is 0. The first kappa shape index (κ1) is 11.5. The first-order chi connectivity index (χ1) is 6.57. The van der Waals surface area contributed by atoms with Crippen LogP contribution in [0.1, 0.15) is 26.7 Å². The lowest BCUT2D eigenvalue weighted by Crippen LogP contribution is -2.44. The maximum atomic E-state index is 11.4. The molecule has 1 amide bonds. The van der Waals surface area contributed by atoms with Crippen LogP contribution in [0.5, 0.6) is 0 Å². The number of nitrogens with two attached hydrogens (primary N) is 1. The van der Waals surface area contributed by atoms with Crippen molar-refractivity contribution >= 4 is 5.91 Å². The standard InChI is InChI=1S/C10H20N2O2/c1-3-8(11)9(13)12-6-10(2)4-5-14-7-10/h8H,3-7,11H2,1-2H3,(H,12,13)/t8-,10?/m0/s1. The maximum Gasteiger partial charge on any atom is 0.236 e. The van der Waals surface area contributed by atoms with Gasteiger partial charge < -0.3 is 15.8 Å². The van der Waals surface area contributed by atoms with Crippen LogP contribution >= 0.6 is 0 Å². The molecule has 0 radical (unpaired) electrons. The molecule has 1 unspecified atom stereocenters. The quantitative estimate of drug-likeness (QED) is 0.684. The molecule has 82 valence electrons. The summed E-state index contributed by atoms with van der Waals surface area (Å²) in [6, 6.07) is -0.374. The minimum absolute atomic E-state index is 0.0550. The Hall–Kier alpha value is -0.610. The van der Waals surface area contributed by atoms with Crippen LogP contribution in [0.2, 0.25) is 0 Å². The van der Waals surface area contributed by atoms with Crippen LogP contribution in [0.3, 0.4) is 0 Å². The number of hydrogen-bond donors (Lipinski definition) is 2. The van der Waals surface area contributed by atoms with Gasteiger partial charge in [0.05, 0.1) is 12.6 Å². The van der Waals surface area contributed by atoms with E-state index in [0.29, 0.717) is 13.0 Å². The topological polar surface area (TPSA) is 64.4 Å². The predicted molar refractivity (Wildman–Crippen MR) is 54.8 cm³/mol. The third-order valence-electron chi connectivity index (χ3n) is 2.77. The highest BCUT2D eigenvalue weighted by Crippen LogP contribution is 2.26. The molecule has 1 heterocycles. The molecule has 1 saturated heterocycles. The first-order valence-corrected chi connectivity index (χ1v) is 5.18. The van der Waals surface area contributed by atoms with Gasteiger partial charge in [-0.15, -0.1) is 0 Å². The maximum absolute atomic E-state index is 11.4. The number of ether oxygens (including phenoxy) is 1. The third-order valence-corrected chi connectivity index (χ3v) is 2.77. The summed E-state index contributed by atoms with van der Waals surface area (Å²) in [4.78, 5) is 11.4. The minimum atomic E-state index is -0.374. The summed E-state index contributed by atoms with van der Waals surface area (Å²) in [5.41, 5.74) is 5.70. The van der Waals surface area contributed by atoms with E-state index < -0.39 is 0 Å². The zero-order chi connectivity index (χ0) is 10.6. The van der Waals surface area contributed by atoms with Crippen molar-refractivity contribution in [3.8, 4) is 0 Å². The van der Waals surface area contributed by atoms with Gasteiger partial charge in [-0.05, 0) is 12.8 Å². The summed E-state index contributed by atoms with van der Waals surface area (Å²) in [5.74, 6) is -0.0550. The fourth-order valence-corrected chi connectivity index (χ4v) is 1.47. The number of hydrogen-bond acceptors (Lipinski definition) is 3. The van der Waals surface area contributed by atoms with Crippen LogP contribution in [0, 0.1) is 5.41 Å². The molecule has 1 fully saturated rings. The Labute approximate surface area is 85.2 Å². The van der Waals surface area contributed by atoms with Gasteiger partial charge >= 0.3 is 0 Å². The lowest BCUT2D eigenvalue weighted by Gasteiger charge is -2.22. The van der Waals surface area contributed by atoms with E-state index in [1.807, 2.05) is 6.92 Å². The Morgan fingerprint density at radius 3 is 2.93 bits per heavy atom. The fourth-order valence-electron chi connectivity index (χ4n) is 1.47. The lowest BCUT2D eigenvalue weighted by molar-refractivity contribution is -0.122. The Balaban J connectivity index is 2.29. The Morgan fingerprint density at radius 2 is 2.43 bits per heavy atom. The van der Waals surface area contributed by atoms with Crippen molar-refractivity contribution in [2.75, 3.05) is 19.8 Å². The van der Waals surface area contributed by atoms with Crippen molar-refractivity contribution in [1.82, 2.24) is 5.32 Å². The summed E-state index contributed by atoms with van der Waals surface area (Å²) in [6.45, 7) is 6.22. The van der Waals surface area contributed by atoms with Crippen LogP contribution in [-0.2, 0) is 9.53 Å². The molecule has 2 atom stereocenters. The van der Waals surface area contributed by atoms with Crippen molar-refractivity contribution in [2.24, 2.45) is 11.1 Å². The molecule has 0 spiro atoms. The van der Waals surface area contributed by atoms with E-state index >= 15 is 0 Å². The monoisotopic (exact) mass is 200 g/mol. The molecule has 1 aliphatic heterocycles. The number of rotatable bonds is 4. The minimum Gasteiger partial charge on any atom is -0.381 e. The smallest absolute Gasteiger partial charge is 0.236 e. The highest BCUT2D eigenvalue weighted by atomic mass is 16.5. The third kappa shape index (κ3) is 2.96. The van der Waals surface area contributed by atoms with Crippen LogP contribution < -0.4 is 11.1 Å². The highest BCUT2D eigenvalue weighted by Gasteiger charge is 2.30. The molecule has 0 aromatic rings. The van der Waals surface area contributed by atoms with Gasteiger partial charge in [-0.1, -0.05) is 13.8 Å². The highest BCUT2D eigenvalue weighted by molar-refractivity contribution is 5.81. The van der Waals surface area contributed by atoms with Crippen LogP contribution in [0.25, 0.3) is 0 Å². The first-order valence-electron chi connectivity index (χ1n) is 5.18. The van der Waals surface area contributed by atoms with E-state index in [1.54, 1.807) is 0 Å². The lowest BCUT2D eigenvalue weighted by atomic mass is 9.90. The van der Waals surface area contributed by atoms with Crippen molar-refractivity contribution < 1.29 is 9.53 Å². The molecule has 14 heavy (non-hydrogen) atoms. The zero-order valence-electron chi connectivity index (χ0n) is 9.01. The Morgan fingerprint density at radius 1 is 1.71 bits per heavy atom. The van der Waals surface area contributed by atoms with E-state index in [-0.39, 0.29) is 17.4 Å². The van der Waals surface area contributed by atoms with Gasteiger partial charge in [0, 0.05) is 18.6 Å². The summed E-state index contributed by atoms with van der Waals surface area (Å²) in [7, 11) is 0. The summed E-state index contributed by atoms with van der Waals surface area (Å²) < 4.78 is 5.30. The molecule has 1 rings (SSSR count). The van der Waals surface area contributed by atoms with Crippen molar-refractivity contribution in [2.45, 2.75) is 32.7 Å². The normalized spacial score (nSPS) is 28.8. The largest absolute Gasteiger partial charge is 0.381 e. The SMILES string of the molecule is CC[C@H](N)C(=O)NCC1(C)CCOC1. The van der Waals surface area contributed by atoms with E-state index in [2.05, 4.69) is 12.2 Å². The van der Waals surface area contributed by atoms with Gasteiger partial charge in [0.15, 0.2) is 0 Å². The Bertz CT molecular complexity index is 200. The van der Waals surface area contributed by atoms with Gasteiger partial charge in [0.1, 0.15) is 0 Å². The van der Waals surface area contributed by atoms with E-state index in [4.69, 9.17) is 10.5 Å². The van der Waals surface area contributed by atoms with E-state index in [9.17, 15) is 4.79 Å². The van der Waals surface area contributed by atoms with E-state index in [1.165, 1.54) is 0 Å². The van der Waals surface area contributed by atoms with Crippen LogP contribution in [0.4, 0.5) is 0 Å². The molecule has 4 nitrogen and oxygen atoms in total. The molecule has 0 saturated carbocycles. The fraction of sp³-hybridized carbons (Fsp3) is 0.900. The zero-order valence-corrected chi connectivity index (χ0v) is 9.01. The van der Waals surface area contributed by atoms with Crippen molar-refractivity contribution in [1.29, 1.82) is 0 Å². The Kier molecular flexibility index (Phi) is 3.89. The summed E-state index contributed by atoms with van der Waals surface area (Å²) in [6.07, 6.45) is 1.69. The molecule has 0 aromatic heterocycles. The molecule has 0 bridgehead atoms. The molecule has 1 aliphatic rings. The number of carbonyl (C=O) groups excluding carboxylic acids is 1. The molecular formula is C10H20N2O2.